The summed E-state index contributed by atoms with van der Waals surface area (Å²) in [7, 11) is -2.41. The van der Waals surface area contributed by atoms with Crippen molar-refractivity contribution in [1.29, 1.82) is 0 Å². The van der Waals surface area contributed by atoms with E-state index in [0.717, 1.165) is 6.42 Å². The van der Waals surface area contributed by atoms with Gasteiger partial charge in [-0.15, -0.1) is 0 Å². The summed E-state index contributed by atoms with van der Waals surface area (Å²) in [6.07, 6.45) is -0.246. The van der Waals surface area contributed by atoms with Crippen molar-refractivity contribution in [3.8, 4) is 11.5 Å². The van der Waals surface area contributed by atoms with Crippen molar-refractivity contribution in [3.63, 3.8) is 0 Å². The van der Waals surface area contributed by atoms with E-state index in [-0.39, 0.29) is 29.9 Å². The van der Waals surface area contributed by atoms with Gasteiger partial charge in [0.2, 0.25) is 0 Å². The molecule has 1 fully saturated rings. The molecule has 232 valence electrons. The summed E-state index contributed by atoms with van der Waals surface area (Å²) in [5.41, 5.74) is 1.40. The van der Waals surface area contributed by atoms with Crippen molar-refractivity contribution in [1.82, 2.24) is 5.32 Å². The molecule has 0 unspecified atom stereocenters. The third kappa shape index (κ3) is 8.41. The number of ether oxygens (including phenoxy) is 3. The Balaban J connectivity index is 1.51. The Morgan fingerprint density at radius 2 is 1.81 bits per heavy atom. The molecule has 1 aliphatic rings. The molecule has 3 atom stereocenters. The van der Waals surface area contributed by atoms with Crippen LogP contribution in [0.3, 0.4) is 0 Å². The molecule has 1 saturated heterocycles. The molecular formula is C32H39ClN2O7S. The van der Waals surface area contributed by atoms with Crippen molar-refractivity contribution < 1.29 is 32.5 Å². The summed E-state index contributed by atoms with van der Waals surface area (Å²) >= 11 is 6.26. The summed E-state index contributed by atoms with van der Waals surface area (Å²) in [5.74, 6) is 0.632. The molecule has 43 heavy (non-hydrogen) atoms. The molecule has 1 aliphatic heterocycles. The smallest absolute Gasteiger partial charge is 0.264 e. The highest BCUT2D eigenvalue weighted by Crippen LogP contribution is 2.30. The normalized spacial score (nSPS) is 16.5. The van der Waals surface area contributed by atoms with E-state index in [0.29, 0.717) is 46.5 Å². The Morgan fingerprint density at radius 3 is 2.47 bits per heavy atom. The number of benzene rings is 3. The van der Waals surface area contributed by atoms with Crippen molar-refractivity contribution in [3.05, 3.63) is 82.9 Å². The molecule has 0 aromatic heterocycles. The van der Waals surface area contributed by atoms with Crippen LogP contribution in [0.25, 0.3) is 0 Å². The Labute approximate surface area is 258 Å². The molecule has 0 bridgehead atoms. The van der Waals surface area contributed by atoms with Crippen molar-refractivity contribution in [2.24, 2.45) is 5.92 Å². The van der Waals surface area contributed by atoms with Crippen LogP contribution in [-0.2, 0) is 21.2 Å². The monoisotopic (exact) mass is 630 g/mol. The number of aliphatic hydroxyl groups is 1. The highest BCUT2D eigenvalue weighted by Gasteiger charge is 2.29. The Bertz CT molecular complexity index is 1490. The molecule has 0 saturated carbocycles. The van der Waals surface area contributed by atoms with Gasteiger partial charge in [0.25, 0.3) is 15.9 Å². The summed E-state index contributed by atoms with van der Waals surface area (Å²) in [4.78, 5) is 13.3. The number of nitrogens with zero attached hydrogens (tertiary/aromatic N) is 1. The number of carbonyl (C=O) groups is 1. The average Bonchev–Trinajstić information content (AvgIpc) is 3.48. The zero-order valence-corrected chi connectivity index (χ0v) is 26.4. The molecule has 3 aromatic rings. The maximum absolute atomic E-state index is 13.8. The van der Waals surface area contributed by atoms with Crippen LogP contribution in [0.15, 0.2) is 71.6 Å². The van der Waals surface area contributed by atoms with Crippen molar-refractivity contribution in [2.75, 3.05) is 31.2 Å². The molecule has 1 heterocycles. The highest BCUT2D eigenvalue weighted by atomic mass is 35.5. The SMILES string of the molecule is COc1ccc(S(=O)(=O)N(CC(C)C)c2ccccc2C[C@@H](O)[C@H](C)NC(=O)c2cc(Cl)cc(O[C@H]3CCOC3)c2)cc1. The Morgan fingerprint density at radius 1 is 1.09 bits per heavy atom. The summed E-state index contributed by atoms with van der Waals surface area (Å²) in [6, 6.07) is 17.5. The largest absolute Gasteiger partial charge is 0.497 e. The Kier molecular flexibility index (Phi) is 10.9. The number of sulfonamides is 1. The number of hydrogen-bond acceptors (Lipinski definition) is 7. The maximum Gasteiger partial charge on any atom is 0.264 e. The first-order valence-electron chi connectivity index (χ1n) is 14.3. The molecule has 3 aromatic carbocycles. The van der Waals surface area contributed by atoms with Gasteiger partial charge in [0.1, 0.15) is 17.6 Å². The third-order valence-electron chi connectivity index (χ3n) is 7.13. The van der Waals surface area contributed by atoms with E-state index in [1.807, 2.05) is 13.8 Å². The van der Waals surface area contributed by atoms with E-state index >= 15 is 0 Å². The molecule has 4 rings (SSSR count). The zero-order valence-electron chi connectivity index (χ0n) is 24.8. The van der Waals surface area contributed by atoms with Crippen LogP contribution in [-0.4, -0.2) is 64.5 Å². The number of anilines is 1. The van der Waals surface area contributed by atoms with Crippen LogP contribution in [0.5, 0.6) is 11.5 Å². The number of hydrogen-bond donors (Lipinski definition) is 2. The molecular weight excluding hydrogens is 592 g/mol. The topological polar surface area (TPSA) is 114 Å². The molecule has 0 spiro atoms. The van der Waals surface area contributed by atoms with E-state index in [2.05, 4.69) is 5.32 Å². The number of halogens is 1. The van der Waals surface area contributed by atoms with E-state index in [9.17, 15) is 18.3 Å². The first-order valence-corrected chi connectivity index (χ1v) is 16.1. The minimum absolute atomic E-state index is 0.0250. The lowest BCUT2D eigenvalue weighted by Crippen LogP contribution is -2.42. The standard InChI is InChI=1S/C32H39ClN2O7S/c1-21(2)19-35(43(38,39)29-11-9-26(40-4)10-12-29)30-8-6-5-7-23(30)17-31(36)22(3)34-32(37)24-15-25(33)18-28(16-24)42-27-13-14-41-20-27/h5-12,15-16,18,21-22,27,31,36H,13-14,17,19-20H2,1-4H3,(H,34,37)/t22-,27-,31+/m0/s1. The van der Waals surface area contributed by atoms with Crippen LogP contribution in [0.2, 0.25) is 5.02 Å². The van der Waals surface area contributed by atoms with Crippen LogP contribution in [0.4, 0.5) is 5.69 Å². The van der Waals surface area contributed by atoms with Gasteiger partial charge in [-0.25, -0.2) is 8.42 Å². The van der Waals surface area contributed by atoms with Gasteiger partial charge < -0.3 is 24.6 Å². The van der Waals surface area contributed by atoms with Gasteiger partial charge in [-0.2, -0.15) is 0 Å². The average molecular weight is 631 g/mol. The summed E-state index contributed by atoms with van der Waals surface area (Å²) in [6.45, 7) is 6.93. The second-order valence-corrected chi connectivity index (χ2v) is 13.3. The zero-order chi connectivity index (χ0) is 31.1. The fraction of sp³-hybridized carbons (Fsp3) is 0.406. The lowest BCUT2D eigenvalue weighted by molar-refractivity contribution is 0.0851. The number of aliphatic hydroxyl groups excluding tert-OH is 1. The van der Waals surface area contributed by atoms with Gasteiger partial charge in [0, 0.05) is 30.0 Å². The molecule has 0 aliphatic carbocycles. The first-order chi connectivity index (χ1) is 20.5. The number of rotatable bonds is 13. The fourth-order valence-electron chi connectivity index (χ4n) is 4.81. The molecule has 2 N–H and O–H groups in total. The van der Waals surface area contributed by atoms with Gasteiger partial charge >= 0.3 is 0 Å². The minimum Gasteiger partial charge on any atom is -0.497 e. The second-order valence-electron chi connectivity index (χ2n) is 11.0. The van der Waals surface area contributed by atoms with E-state index in [1.165, 1.54) is 29.6 Å². The van der Waals surface area contributed by atoms with Gasteiger partial charge in [-0.1, -0.05) is 43.6 Å². The van der Waals surface area contributed by atoms with E-state index < -0.39 is 28.1 Å². The van der Waals surface area contributed by atoms with Gasteiger partial charge in [-0.3, -0.25) is 9.10 Å². The van der Waals surface area contributed by atoms with Gasteiger partial charge in [0.15, 0.2) is 0 Å². The van der Waals surface area contributed by atoms with Crippen LogP contribution in [0, 0.1) is 5.92 Å². The molecule has 11 heteroatoms. The lowest BCUT2D eigenvalue weighted by atomic mass is 10.0. The predicted molar refractivity (Wildman–Crippen MR) is 167 cm³/mol. The summed E-state index contributed by atoms with van der Waals surface area (Å²) < 4.78 is 45.5. The van der Waals surface area contributed by atoms with E-state index in [1.54, 1.807) is 55.5 Å². The third-order valence-corrected chi connectivity index (χ3v) is 9.14. The minimum atomic E-state index is -3.93. The highest BCUT2D eigenvalue weighted by molar-refractivity contribution is 7.92. The maximum atomic E-state index is 13.8. The summed E-state index contributed by atoms with van der Waals surface area (Å²) in [5, 5.41) is 14.4. The number of carbonyl (C=O) groups excluding carboxylic acids is 1. The van der Waals surface area contributed by atoms with Gasteiger partial charge in [-0.05, 0) is 66.9 Å². The number of nitrogens with one attached hydrogen (secondary N) is 1. The Hall–Kier alpha value is -3.31. The van der Waals surface area contributed by atoms with Crippen LogP contribution >= 0.6 is 11.6 Å². The lowest BCUT2D eigenvalue weighted by Gasteiger charge is -2.29. The molecule has 1 amide bonds. The first kappa shape index (κ1) is 32.6. The van der Waals surface area contributed by atoms with Crippen molar-refractivity contribution >= 4 is 33.2 Å². The number of para-hydroxylation sites is 1. The molecule has 0 radical (unpaired) electrons. The predicted octanol–water partition coefficient (Wildman–Crippen LogP) is 5.09. The number of amides is 1. The molecule has 9 nitrogen and oxygen atoms in total. The van der Waals surface area contributed by atoms with Crippen LogP contribution in [0.1, 0.15) is 43.1 Å². The number of methoxy groups -OCH3 is 1. The van der Waals surface area contributed by atoms with E-state index in [4.69, 9.17) is 25.8 Å². The van der Waals surface area contributed by atoms with Crippen molar-refractivity contribution in [2.45, 2.75) is 56.8 Å². The fourth-order valence-corrected chi connectivity index (χ4v) is 6.70. The van der Waals surface area contributed by atoms with Crippen LogP contribution < -0.4 is 19.1 Å². The quantitative estimate of drug-likeness (QED) is 0.270. The second kappa shape index (κ2) is 14.4. The van der Waals surface area contributed by atoms with Gasteiger partial charge in [0.05, 0.1) is 43.1 Å².